The van der Waals surface area contributed by atoms with Gasteiger partial charge >= 0.3 is 5.97 Å². The predicted octanol–water partition coefficient (Wildman–Crippen LogP) is 5.83. The molecule has 6 nitrogen and oxygen atoms in total. The summed E-state index contributed by atoms with van der Waals surface area (Å²) >= 11 is 12.2. The molecule has 10 heteroatoms. The van der Waals surface area contributed by atoms with Crippen molar-refractivity contribution in [3.63, 3.8) is 0 Å². The molecule has 1 amide bonds. The first-order chi connectivity index (χ1) is 18.8. The van der Waals surface area contributed by atoms with E-state index in [2.05, 4.69) is 25.7 Å². The predicted molar refractivity (Wildman–Crippen MR) is 153 cm³/mol. The van der Waals surface area contributed by atoms with Gasteiger partial charge in [-0.15, -0.1) is 0 Å². The molecular formula is C30H35Cl2F2N3O3. The fourth-order valence-corrected chi connectivity index (χ4v) is 5.89. The summed E-state index contributed by atoms with van der Waals surface area (Å²) in [6.45, 7) is 10.3. The van der Waals surface area contributed by atoms with E-state index in [1.165, 1.54) is 19.2 Å². The Hall–Kier alpha value is -2.68. The molecule has 0 radical (unpaired) electrons. The molecule has 0 N–H and O–H groups in total. The first kappa shape index (κ1) is 30.3. The van der Waals surface area contributed by atoms with E-state index in [4.69, 9.17) is 27.9 Å². The molecule has 2 aromatic rings. The van der Waals surface area contributed by atoms with Crippen LogP contribution in [0.4, 0.5) is 8.78 Å². The van der Waals surface area contributed by atoms with Gasteiger partial charge in [0.15, 0.2) is 0 Å². The third kappa shape index (κ3) is 6.45. The van der Waals surface area contributed by atoms with Gasteiger partial charge in [-0.05, 0) is 63.1 Å². The van der Waals surface area contributed by atoms with E-state index in [0.717, 1.165) is 6.07 Å². The highest BCUT2D eigenvalue weighted by Gasteiger charge is 2.45. The Labute approximate surface area is 244 Å². The van der Waals surface area contributed by atoms with Crippen LogP contribution < -0.4 is 0 Å². The summed E-state index contributed by atoms with van der Waals surface area (Å²) in [6, 6.07) is 8.45. The van der Waals surface area contributed by atoms with Crippen molar-refractivity contribution in [2.75, 3.05) is 39.8 Å². The summed E-state index contributed by atoms with van der Waals surface area (Å²) in [5, 5.41) is 0.784. The molecular weight excluding hydrogens is 559 g/mol. The Balaban J connectivity index is 1.57. The zero-order chi connectivity index (χ0) is 29.4. The Morgan fingerprint density at radius 3 is 2.33 bits per heavy atom. The number of piperazine rings is 1. The van der Waals surface area contributed by atoms with Crippen molar-refractivity contribution >= 4 is 41.2 Å². The number of hydrogen-bond donors (Lipinski definition) is 0. The minimum absolute atomic E-state index is 0.0688. The highest BCUT2D eigenvalue weighted by Crippen LogP contribution is 2.39. The number of likely N-dealkylation sites (tertiary alicyclic amines) is 1. The van der Waals surface area contributed by atoms with Crippen LogP contribution in [0.5, 0.6) is 0 Å². The van der Waals surface area contributed by atoms with Crippen LogP contribution in [0.1, 0.15) is 44.7 Å². The normalized spacial score (nSPS) is 22.5. The van der Waals surface area contributed by atoms with Gasteiger partial charge in [-0.25, -0.2) is 13.6 Å². The smallest absolute Gasteiger partial charge is 0.354 e. The summed E-state index contributed by atoms with van der Waals surface area (Å²) in [5.41, 5.74) is 1.18. The SMILES string of the molecule is COC(=O)/C(=C\c1ccc(Cl)c(Cl)c1)N1CCN(C(=O)[C@@H]2CN(C(C)(C)C)C[C@H]2c2ccc(F)cc2F)[C@@H](C)C1. The van der Waals surface area contributed by atoms with Crippen molar-refractivity contribution < 1.29 is 23.1 Å². The lowest BCUT2D eigenvalue weighted by atomic mass is 9.87. The number of halogens is 4. The second kappa shape index (κ2) is 12.0. The summed E-state index contributed by atoms with van der Waals surface area (Å²) in [4.78, 5) is 32.7. The van der Waals surface area contributed by atoms with E-state index in [1.807, 2.05) is 16.7 Å². The molecule has 2 heterocycles. The number of amides is 1. The number of rotatable bonds is 5. The second-order valence-corrected chi connectivity index (χ2v) is 12.3. The average molecular weight is 595 g/mol. The molecule has 216 valence electrons. The van der Waals surface area contributed by atoms with E-state index < -0.39 is 29.4 Å². The van der Waals surface area contributed by atoms with Crippen LogP contribution in [-0.4, -0.2) is 78.0 Å². The van der Waals surface area contributed by atoms with Crippen LogP contribution in [0.25, 0.3) is 6.08 Å². The average Bonchev–Trinajstić information content (AvgIpc) is 3.34. The zero-order valence-electron chi connectivity index (χ0n) is 23.4. The quantitative estimate of drug-likeness (QED) is 0.322. The van der Waals surface area contributed by atoms with Gasteiger partial charge in [-0.3, -0.25) is 9.69 Å². The van der Waals surface area contributed by atoms with Crippen molar-refractivity contribution in [1.29, 1.82) is 0 Å². The van der Waals surface area contributed by atoms with Crippen molar-refractivity contribution in [3.05, 3.63) is 74.9 Å². The van der Waals surface area contributed by atoms with Gasteiger partial charge in [-0.2, -0.15) is 0 Å². The van der Waals surface area contributed by atoms with E-state index in [9.17, 15) is 18.4 Å². The van der Waals surface area contributed by atoms with Gasteiger partial charge in [0, 0.05) is 56.3 Å². The minimum Gasteiger partial charge on any atom is -0.464 e. The molecule has 40 heavy (non-hydrogen) atoms. The van der Waals surface area contributed by atoms with E-state index in [1.54, 1.807) is 24.3 Å². The van der Waals surface area contributed by atoms with Crippen LogP contribution in [0, 0.1) is 17.6 Å². The largest absolute Gasteiger partial charge is 0.464 e. The van der Waals surface area contributed by atoms with Gasteiger partial charge in [0.2, 0.25) is 5.91 Å². The van der Waals surface area contributed by atoms with Crippen LogP contribution in [0.3, 0.4) is 0 Å². The van der Waals surface area contributed by atoms with Crippen LogP contribution in [-0.2, 0) is 14.3 Å². The highest BCUT2D eigenvalue weighted by atomic mass is 35.5. The number of ether oxygens (including phenoxy) is 1. The van der Waals surface area contributed by atoms with Gasteiger partial charge in [-0.1, -0.05) is 35.3 Å². The Morgan fingerprint density at radius 1 is 1.00 bits per heavy atom. The standard InChI is InChI=1S/C30H35Cl2F2N3O3/c1-18-15-35(27(29(39)40-5)13-19-6-9-24(31)25(32)12-19)10-11-37(18)28(38)23-17-36(30(2,3)4)16-22(23)21-8-7-20(33)14-26(21)34/h6-9,12-14,18,22-23H,10-11,15-17H2,1-5H3/b27-13+/t18-,22-,23+/m0/s1. The molecule has 3 atom stereocenters. The summed E-state index contributed by atoms with van der Waals surface area (Å²) in [7, 11) is 1.32. The van der Waals surface area contributed by atoms with Crippen LogP contribution in [0.2, 0.25) is 10.0 Å². The van der Waals surface area contributed by atoms with E-state index in [-0.39, 0.29) is 17.5 Å². The maximum Gasteiger partial charge on any atom is 0.354 e. The topological polar surface area (TPSA) is 53.1 Å². The van der Waals surface area contributed by atoms with Crippen LogP contribution in [0.15, 0.2) is 42.1 Å². The van der Waals surface area contributed by atoms with Crippen molar-refractivity contribution in [3.8, 4) is 0 Å². The second-order valence-electron chi connectivity index (χ2n) is 11.5. The minimum atomic E-state index is -0.644. The maximum absolute atomic E-state index is 14.9. The Morgan fingerprint density at radius 2 is 1.73 bits per heavy atom. The van der Waals surface area contributed by atoms with Gasteiger partial charge < -0.3 is 14.5 Å². The fourth-order valence-electron chi connectivity index (χ4n) is 5.58. The molecule has 2 aliphatic heterocycles. The Bertz CT molecular complexity index is 1310. The highest BCUT2D eigenvalue weighted by molar-refractivity contribution is 6.42. The van der Waals surface area contributed by atoms with E-state index >= 15 is 0 Å². The molecule has 0 bridgehead atoms. The molecule has 0 aromatic heterocycles. The third-order valence-electron chi connectivity index (χ3n) is 7.84. The molecule has 2 aliphatic rings. The number of carbonyl (C=O) groups is 2. The number of benzene rings is 2. The van der Waals surface area contributed by atoms with Crippen molar-refractivity contribution in [1.82, 2.24) is 14.7 Å². The lowest BCUT2D eigenvalue weighted by Gasteiger charge is -2.42. The summed E-state index contributed by atoms with van der Waals surface area (Å²) < 4.78 is 33.6. The number of methoxy groups -OCH3 is 1. The van der Waals surface area contributed by atoms with Gasteiger partial charge in [0.1, 0.15) is 17.3 Å². The van der Waals surface area contributed by atoms with Crippen LogP contribution >= 0.6 is 23.2 Å². The van der Waals surface area contributed by atoms with Crippen molar-refractivity contribution in [2.45, 2.75) is 45.2 Å². The molecule has 0 aliphatic carbocycles. The number of esters is 1. The first-order valence-corrected chi connectivity index (χ1v) is 14.1. The van der Waals surface area contributed by atoms with E-state index in [0.29, 0.717) is 59.6 Å². The number of nitrogens with zero attached hydrogens (tertiary/aromatic N) is 3. The molecule has 0 unspecified atom stereocenters. The fraction of sp³-hybridized carbons (Fsp3) is 0.467. The lowest BCUT2D eigenvalue weighted by Crippen LogP contribution is -2.56. The first-order valence-electron chi connectivity index (χ1n) is 13.3. The molecule has 2 aromatic carbocycles. The molecule has 0 saturated carbocycles. The summed E-state index contributed by atoms with van der Waals surface area (Å²) in [6.07, 6.45) is 1.70. The number of carbonyl (C=O) groups excluding carboxylic acids is 2. The molecule has 2 fully saturated rings. The monoisotopic (exact) mass is 593 g/mol. The van der Waals surface area contributed by atoms with Gasteiger partial charge in [0.05, 0.1) is 23.1 Å². The zero-order valence-corrected chi connectivity index (χ0v) is 24.9. The third-order valence-corrected chi connectivity index (χ3v) is 8.58. The summed E-state index contributed by atoms with van der Waals surface area (Å²) in [5.74, 6) is -2.73. The molecule has 2 saturated heterocycles. The molecule has 0 spiro atoms. The number of hydrogen-bond acceptors (Lipinski definition) is 5. The molecule has 4 rings (SSSR count). The van der Waals surface area contributed by atoms with Gasteiger partial charge in [0.25, 0.3) is 0 Å². The Kier molecular flexibility index (Phi) is 9.12. The lowest BCUT2D eigenvalue weighted by molar-refractivity contribution is -0.141. The van der Waals surface area contributed by atoms with Crippen molar-refractivity contribution in [2.24, 2.45) is 5.92 Å². The maximum atomic E-state index is 14.9.